The second-order valence-electron chi connectivity index (χ2n) is 4.57. The quantitative estimate of drug-likeness (QED) is 0.383. The molecule has 0 saturated carbocycles. The van der Waals surface area contributed by atoms with E-state index in [1.807, 2.05) is 0 Å². The topological polar surface area (TPSA) is 71.1 Å². The zero-order valence-electron chi connectivity index (χ0n) is 11.9. The number of unbranched alkanes of at least 4 members (excludes halogenated alkanes) is 1. The standard InChI is InChI=1S/C12H22O6Si/c1-5-6-7-10(19(15-2,16-3)17-4)9-8-11(13)18-12(9)14/h9-10H,5-8H2,1-4H3. The maximum Gasteiger partial charge on any atom is 0.504 e. The van der Waals surface area contributed by atoms with Gasteiger partial charge in [-0.3, -0.25) is 9.59 Å². The molecule has 7 heteroatoms. The summed E-state index contributed by atoms with van der Waals surface area (Å²) < 4.78 is 21.0. The molecule has 2 unspecified atom stereocenters. The van der Waals surface area contributed by atoms with Gasteiger partial charge >= 0.3 is 20.7 Å². The van der Waals surface area contributed by atoms with Gasteiger partial charge < -0.3 is 18.0 Å². The molecule has 19 heavy (non-hydrogen) atoms. The fourth-order valence-corrected chi connectivity index (χ4v) is 5.26. The van der Waals surface area contributed by atoms with Crippen molar-refractivity contribution in [3.05, 3.63) is 0 Å². The average Bonchev–Trinajstić information content (AvgIpc) is 2.74. The lowest BCUT2D eigenvalue weighted by Gasteiger charge is -2.34. The van der Waals surface area contributed by atoms with Gasteiger partial charge in [-0.05, 0) is 6.42 Å². The van der Waals surface area contributed by atoms with Crippen LogP contribution in [-0.2, 0) is 27.6 Å². The number of rotatable bonds is 8. The molecule has 0 radical (unpaired) electrons. The molecular formula is C12H22O6Si. The summed E-state index contributed by atoms with van der Waals surface area (Å²) in [5, 5.41) is 0. The van der Waals surface area contributed by atoms with Gasteiger partial charge in [0.15, 0.2) is 0 Å². The van der Waals surface area contributed by atoms with E-state index in [0.717, 1.165) is 12.8 Å². The lowest BCUT2D eigenvalue weighted by Crippen LogP contribution is -2.50. The van der Waals surface area contributed by atoms with E-state index in [4.69, 9.17) is 13.3 Å². The summed E-state index contributed by atoms with van der Waals surface area (Å²) in [6.07, 6.45) is 2.69. The molecule has 0 aromatic heterocycles. The van der Waals surface area contributed by atoms with Crippen molar-refractivity contribution in [3.63, 3.8) is 0 Å². The van der Waals surface area contributed by atoms with Crippen LogP contribution in [0.2, 0.25) is 5.54 Å². The first-order valence-corrected chi connectivity index (χ1v) is 8.24. The van der Waals surface area contributed by atoms with Crippen LogP contribution >= 0.6 is 0 Å². The minimum absolute atomic E-state index is 0.0814. The van der Waals surface area contributed by atoms with Crippen LogP contribution in [0.4, 0.5) is 0 Å². The Morgan fingerprint density at radius 3 is 2.21 bits per heavy atom. The Hall–Kier alpha value is -0.763. The number of hydrogen-bond acceptors (Lipinski definition) is 6. The minimum atomic E-state index is -2.97. The molecule has 1 saturated heterocycles. The highest BCUT2D eigenvalue weighted by Gasteiger charge is 2.55. The van der Waals surface area contributed by atoms with Gasteiger partial charge in [-0.15, -0.1) is 0 Å². The summed E-state index contributed by atoms with van der Waals surface area (Å²) in [5.74, 6) is -1.50. The Bertz CT molecular complexity index is 320. The molecule has 0 bridgehead atoms. The van der Waals surface area contributed by atoms with Crippen LogP contribution in [0.5, 0.6) is 0 Å². The van der Waals surface area contributed by atoms with E-state index in [1.165, 1.54) is 21.3 Å². The van der Waals surface area contributed by atoms with Gasteiger partial charge in [0.2, 0.25) is 0 Å². The van der Waals surface area contributed by atoms with Crippen molar-refractivity contribution < 1.29 is 27.6 Å². The van der Waals surface area contributed by atoms with Crippen LogP contribution < -0.4 is 0 Å². The van der Waals surface area contributed by atoms with E-state index >= 15 is 0 Å². The summed E-state index contributed by atoms with van der Waals surface area (Å²) in [5.41, 5.74) is -0.244. The number of hydrogen-bond donors (Lipinski definition) is 0. The van der Waals surface area contributed by atoms with Crippen molar-refractivity contribution >= 4 is 20.7 Å². The maximum absolute atomic E-state index is 11.8. The van der Waals surface area contributed by atoms with E-state index in [0.29, 0.717) is 6.42 Å². The van der Waals surface area contributed by atoms with Crippen molar-refractivity contribution in [2.75, 3.05) is 21.3 Å². The average molecular weight is 290 g/mol. The summed E-state index contributed by atoms with van der Waals surface area (Å²) in [4.78, 5) is 23.1. The Labute approximate surface area is 114 Å². The normalized spacial score (nSPS) is 21.6. The number of carbonyl (C=O) groups is 2. The Morgan fingerprint density at radius 2 is 1.84 bits per heavy atom. The SMILES string of the molecule is CCCCC(C1CC(=O)OC1=O)[Si](OC)(OC)OC. The van der Waals surface area contributed by atoms with Gasteiger partial charge in [0.1, 0.15) is 0 Å². The Morgan fingerprint density at radius 1 is 1.26 bits per heavy atom. The first-order chi connectivity index (χ1) is 9.04. The monoisotopic (exact) mass is 290 g/mol. The Balaban J connectivity index is 2.99. The fourth-order valence-electron chi connectivity index (χ4n) is 2.55. The van der Waals surface area contributed by atoms with Gasteiger partial charge in [0.05, 0.1) is 12.3 Å². The predicted molar refractivity (Wildman–Crippen MR) is 69.3 cm³/mol. The summed E-state index contributed by atoms with van der Waals surface area (Å²) in [7, 11) is 1.57. The van der Waals surface area contributed by atoms with Crippen molar-refractivity contribution in [1.82, 2.24) is 0 Å². The Kier molecular flexibility index (Phi) is 6.12. The molecule has 0 aromatic carbocycles. The van der Waals surface area contributed by atoms with E-state index in [2.05, 4.69) is 11.7 Å². The van der Waals surface area contributed by atoms with Crippen molar-refractivity contribution in [1.29, 1.82) is 0 Å². The highest BCUT2D eigenvalue weighted by molar-refractivity contribution is 6.62. The molecule has 110 valence electrons. The molecule has 0 N–H and O–H groups in total. The lowest BCUT2D eigenvalue weighted by molar-refractivity contribution is -0.153. The number of esters is 2. The number of ether oxygens (including phenoxy) is 1. The maximum atomic E-state index is 11.8. The molecule has 0 aliphatic carbocycles. The van der Waals surface area contributed by atoms with Gasteiger partial charge in [-0.1, -0.05) is 19.8 Å². The fraction of sp³-hybridized carbons (Fsp3) is 0.833. The highest BCUT2D eigenvalue weighted by Crippen LogP contribution is 2.41. The van der Waals surface area contributed by atoms with Crippen LogP contribution in [0.15, 0.2) is 0 Å². The molecule has 1 heterocycles. The zero-order chi connectivity index (χ0) is 14.5. The molecular weight excluding hydrogens is 268 g/mol. The molecule has 1 aliphatic heterocycles. The van der Waals surface area contributed by atoms with Gasteiger partial charge in [0.25, 0.3) is 0 Å². The molecule has 1 fully saturated rings. The van der Waals surface area contributed by atoms with E-state index < -0.39 is 26.7 Å². The van der Waals surface area contributed by atoms with Crippen LogP contribution in [-0.4, -0.2) is 42.1 Å². The summed E-state index contributed by atoms with van der Waals surface area (Å²) >= 11 is 0. The minimum Gasteiger partial charge on any atom is -0.393 e. The molecule has 0 amide bonds. The van der Waals surface area contributed by atoms with Crippen LogP contribution in [0.1, 0.15) is 32.6 Å². The van der Waals surface area contributed by atoms with Crippen molar-refractivity contribution in [2.45, 2.75) is 38.1 Å². The highest BCUT2D eigenvalue weighted by atomic mass is 28.4. The molecule has 1 rings (SSSR count). The third-order valence-electron chi connectivity index (χ3n) is 3.57. The molecule has 0 aromatic rings. The molecule has 2 atom stereocenters. The van der Waals surface area contributed by atoms with Crippen LogP contribution in [0.3, 0.4) is 0 Å². The number of carbonyl (C=O) groups excluding carboxylic acids is 2. The molecule has 0 spiro atoms. The molecule has 6 nitrogen and oxygen atoms in total. The van der Waals surface area contributed by atoms with Gasteiger partial charge in [-0.25, -0.2) is 0 Å². The van der Waals surface area contributed by atoms with E-state index in [1.54, 1.807) is 0 Å². The van der Waals surface area contributed by atoms with Crippen LogP contribution in [0, 0.1) is 5.92 Å². The van der Waals surface area contributed by atoms with E-state index in [-0.39, 0.29) is 12.0 Å². The third kappa shape index (κ3) is 3.41. The van der Waals surface area contributed by atoms with Crippen LogP contribution in [0.25, 0.3) is 0 Å². The molecule has 1 aliphatic rings. The van der Waals surface area contributed by atoms with Gasteiger partial charge in [-0.2, -0.15) is 0 Å². The number of cyclic esters (lactones) is 2. The third-order valence-corrected chi connectivity index (χ3v) is 6.87. The van der Waals surface area contributed by atoms with Crippen molar-refractivity contribution in [2.24, 2.45) is 5.92 Å². The van der Waals surface area contributed by atoms with Gasteiger partial charge in [0, 0.05) is 26.9 Å². The zero-order valence-corrected chi connectivity index (χ0v) is 12.9. The first-order valence-electron chi connectivity index (χ1n) is 6.44. The second-order valence-corrected chi connectivity index (χ2v) is 7.74. The van der Waals surface area contributed by atoms with E-state index in [9.17, 15) is 9.59 Å². The summed E-state index contributed by atoms with van der Waals surface area (Å²) in [6.45, 7) is 2.06. The smallest absolute Gasteiger partial charge is 0.393 e. The summed E-state index contributed by atoms with van der Waals surface area (Å²) in [6, 6.07) is 0. The van der Waals surface area contributed by atoms with Crippen molar-refractivity contribution in [3.8, 4) is 0 Å². The second kappa shape index (κ2) is 7.13. The largest absolute Gasteiger partial charge is 0.504 e. The first kappa shape index (κ1) is 16.3. The lowest BCUT2D eigenvalue weighted by atomic mass is 9.99. The predicted octanol–water partition coefficient (Wildman–Crippen LogP) is 1.51.